The Balaban J connectivity index is 1.62. The number of benzene rings is 2. The van der Waals surface area contributed by atoms with E-state index in [4.69, 9.17) is 33.7 Å². The molecule has 1 aliphatic heterocycles. The summed E-state index contributed by atoms with van der Waals surface area (Å²) in [5.41, 5.74) is 5.96. The summed E-state index contributed by atoms with van der Waals surface area (Å²) in [6, 6.07) is 12.2. The molecule has 12 heteroatoms. The highest BCUT2D eigenvalue weighted by Gasteiger charge is 2.47. The van der Waals surface area contributed by atoms with Gasteiger partial charge in [-0.3, -0.25) is 9.69 Å². The van der Waals surface area contributed by atoms with Crippen molar-refractivity contribution in [3.8, 4) is 5.75 Å². The topological polar surface area (TPSA) is 122 Å². The summed E-state index contributed by atoms with van der Waals surface area (Å²) in [7, 11) is -4.20. The van der Waals surface area contributed by atoms with E-state index in [-0.39, 0.29) is 45.9 Å². The van der Waals surface area contributed by atoms with Gasteiger partial charge in [0.25, 0.3) is 5.91 Å². The number of ether oxygens (including phenoxy) is 1. The number of rotatable bonds is 5. The normalized spacial score (nSPS) is 23.2. The molecule has 1 heterocycles. The zero-order chi connectivity index (χ0) is 25.2. The average Bonchev–Trinajstić information content (AvgIpc) is 3.29. The number of hydrogen-bond donors (Lipinski definition) is 2. The molecule has 35 heavy (non-hydrogen) atoms. The summed E-state index contributed by atoms with van der Waals surface area (Å²) in [5, 5.41) is 3.17. The van der Waals surface area contributed by atoms with Crippen molar-refractivity contribution in [1.29, 1.82) is 0 Å². The van der Waals surface area contributed by atoms with Crippen molar-refractivity contribution >= 4 is 45.2 Å². The minimum absolute atomic E-state index is 0.0279. The molecule has 2 fully saturated rings. The van der Waals surface area contributed by atoms with Crippen LogP contribution < -0.4 is 15.8 Å². The highest BCUT2D eigenvalue weighted by molar-refractivity contribution is 7.89. The van der Waals surface area contributed by atoms with E-state index >= 15 is 0 Å². The quantitative estimate of drug-likeness (QED) is 0.600. The molecule has 0 spiro atoms. The molecule has 2 aromatic rings. The van der Waals surface area contributed by atoms with Crippen LogP contribution in [0.15, 0.2) is 53.4 Å². The third-order valence-electron chi connectivity index (χ3n) is 6.16. The molecule has 2 aliphatic rings. The van der Waals surface area contributed by atoms with E-state index in [0.717, 1.165) is 22.0 Å². The Bertz CT molecular complexity index is 1190. The van der Waals surface area contributed by atoms with Gasteiger partial charge in [0.2, 0.25) is 10.0 Å². The van der Waals surface area contributed by atoms with Crippen LogP contribution in [0.5, 0.6) is 5.75 Å². The molecule has 1 atom stereocenters. The lowest BCUT2D eigenvalue weighted by Crippen LogP contribution is -2.56. The van der Waals surface area contributed by atoms with Crippen molar-refractivity contribution in [2.45, 2.75) is 48.8 Å². The first-order valence-corrected chi connectivity index (χ1v) is 13.4. The fourth-order valence-electron chi connectivity index (χ4n) is 4.28. The van der Waals surface area contributed by atoms with Crippen molar-refractivity contribution in [3.63, 3.8) is 0 Å². The molecule has 1 saturated carbocycles. The highest BCUT2D eigenvalue weighted by Crippen LogP contribution is 2.30. The molecule has 188 valence electrons. The molecule has 3 N–H and O–H groups in total. The average molecular weight is 541 g/mol. The van der Waals surface area contributed by atoms with Gasteiger partial charge < -0.3 is 15.8 Å². The molecular weight excluding hydrogens is 515 g/mol. The standard InChI is InChI=1S/C23H26Cl2N4O5S/c24-19-11-10-18(14-20(19)25)35(32,33)29-13-12-28(23(31)34-17-4-2-1-3-5-17)22(29)21(30)27-16-8-6-15(26)7-9-16/h1-5,10-11,14-16,22H,6-9,12-13,26H2,(H,27,30). The number of nitrogens with one attached hydrogen (secondary N) is 1. The van der Waals surface area contributed by atoms with Crippen molar-refractivity contribution in [3.05, 3.63) is 58.6 Å². The number of carbonyl (C=O) groups is 2. The van der Waals surface area contributed by atoms with Crippen LogP contribution in [0, 0.1) is 0 Å². The van der Waals surface area contributed by atoms with Gasteiger partial charge in [0, 0.05) is 25.2 Å². The smallest absolute Gasteiger partial charge is 0.410 e. The lowest BCUT2D eigenvalue weighted by atomic mass is 9.92. The number of nitrogens with two attached hydrogens (primary N) is 1. The summed E-state index contributed by atoms with van der Waals surface area (Å²) in [4.78, 5) is 27.4. The summed E-state index contributed by atoms with van der Waals surface area (Å²) in [5.74, 6) is -0.319. The van der Waals surface area contributed by atoms with Crippen LogP contribution in [0.4, 0.5) is 4.79 Å². The summed E-state index contributed by atoms with van der Waals surface area (Å²) in [6.07, 6.45) is 0.595. The molecule has 2 amide bonds. The van der Waals surface area contributed by atoms with Gasteiger partial charge in [-0.15, -0.1) is 0 Å². The summed E-state index contributed by atoms with van der Waals surface area (Å²) >= 11 is 12.0. The van der Waals surface area contributed by atoms with E-state index in [1.807, 2.05) is 0 Å². The van der Waals surface area contributed by atoms with E-state index < -0.39 is 28.2 Å². The molecule has 1 unspecified atom stereocenters. The van der Waals surface area contributed by atoms with Crippen LogP contribution in [0.1, 0.15) is 25.7 Å². The lowest BCUT2D eigenvalue weighted by Gasteiger charge is -2.32. The molecule has 1 saturated heterocycles. The van der Waals surface area contributed by atoms with Gasteiger partial charge in [-0.05, 0) is 56.0 Å². The molecule has 2 aromatic carbocycles. The Morgan fingerprint density at radius 1 is 0.971 bits per heavy atom. The Labute approximate surface area is 214 Å². The first-order valence-electron chi connectivity index (χ1n) is 11.2. The molecule has 9 nitrogen and oxygen atoms in total. The molecule has 0 bridgehead atoms. The van der Waals surface area contributed by atoms with Crippen molar-refractivity contribution in [2.24, 2.45) is 5.73 Å². The van der Waals surface area contributed by atoms with E-state index in [1.165, 1.54) is 18.2 Å². The van der Waals surface area contributed by atoms with Crippen LogP contribution in [0.3, 0.4) is 0 Å². The number of nitrogens with zero attached hydrogens (tertiary/aromatic N) is 2. The van der Waals surface area contributed by atoms with Crippen LogP contribution in [0.25, 0.3) is 0 Å². The third kappa shape index (κ3) is 5.73. The number of carbonyl (C=O) groups excluding carboxylic acids is 2. The van der Waals surface area contributed by atoms with E-state index in [2.05, 4.69) is 5.32 Å². The second-order valence-corrected chi connectivity index (χ2v) is 11.3. The van der Waals surface area contributed by atoms with Crippen LogP contribution in [0.2, 0.25) is 10.0 Å². The zero-order valence-electron chi connectivity index (χ0n) is 18.8. The highest BCUT2D eigenvalue weighted by atomic mass is 35.5. The minimum atomic E-state index is -4.20. The fourth-order valence-corrected chi connectivity index (χ4v) is 6.22. The molecule has 0 aromatic heterocycles. The Morgan fingerprint density at radius 3 is 2.31 bits per heavy atom. The maximum Gasteiger partial charge on any atom is 0.417 e. The molecular formula is C23H26Cl2N4O5S. The zero-order valence-corrected chi connectivity index (χ0v) is 21.1. The molecule has 1 aliphatic carbocycles. The summed E-state index contributed by atoms with van der Waals surface area (Å²) in [6.45, 7) is -0.125. The Morgan fingerprint density at radius 2 is 1.66 bits per heavy atom. The largest absolute Gasteiger partial charge is 0.417 e. The number of para-hydroxylation sites is 1. The van der Waals surface area contributed by atoms with Crippen LogP contribution >= 0.6 is 23.2 Å². The third-order valence-corrected chi connectivity index (χ3v) is 8.75. The predicted molar refractivity (Wildman–Crippen MR) is 132 cm³/mol. The van der Waals surface area contributed by atoms with E-state index in [9.17, 15) is 18.0 Å². The lowest BCUT2D eigenvalue weighted by molar-refractivity contribution is -0.128. The Hall–Kier alpha value is -2.37. The maximum atomic E-state index is 13.5. The van der Waals surface area contributed by atoms with Gasteiger partial charge in [-0.2, -0.15) is 4.31 Å². The maximum absolute atomic E-state index is 13.5. The second-order valence-electron chi connectivity index (χ2n) is 8.56. The van der Waals surface area contributed by atoms with Crippen molar-refractivity contribution in [2.75, 3.05) is 13.1 Å². The monoisotopic (exact) mass is 540 g/mol. The van der Waals surface area contributed by atoms with Gasteiger partial charge >= 0.3 is 6.09 Å². The molecule has 4 rings (SSSR count). The van der Waals surface area contributed by atoms with E-state index in [0.29, 0.717) is 12.8 Å². The van der Waals surface area contributed by atoms with E-state index in [1.54, 1.807) is 30.3 Å². The predicted octanol–water partition coefficient (Wildman–Crippen LogP) is 3.21. The molecule has 0 radical (unpaired) electrons. The SMILES string of the molecule is NC1CCC(NC(=O)C2N(C(=O)Oc3ccccc3)CCN2S(=O)(=O)c2ccc(Cl)c(Cl)c2)CC1. The summed E-state index contributed by atoms with van der Waals surface area (Å²) < 4.78 is 33.5. The van der Waals surface area contributed by atoms with Gasteiger partial charge in [-0.25, -0.2) is 13.2 Å². The first-order chi connectivity index (χ1) is 16.7. The van der Waals surface area contributed by atoms with Crippen molar-refractivity contribution in [1.82, 2.24) is 14.5 Å². The van der Waals surface area contributed by atoms with Crippen LogP contribution in [-0.4, -0.2) is 61.0 Å². The minimum Gasteiger partial charge on any atom is -0.410 e. The number of hydrogen-bond acceptors (Lipinski definition) is 6. The van der Waals surface area contributed by atoms with Gasteiger partial charge in [0.1, 0.15) is 5.75 Å². The number of halogens is 2. The van der Waals surface area contributed by atoms with Crippen molar-refractivity contribution < 1.29 is 22.7 Å². The fraction of sp³-hybridized carbons (Fsp3) is 0.391. The Kier molecular flexibility index (Phi) is 7.87. The number of sulfonamides is 1. The second kappa shape index (κ2) is 10.7. The van der Waals surface area contributed by atoms with Gasteiger partial charge in [-0.1, -0.05) is 41.4 Å². The van der Waals surface area contributed by atoms with Gasteiger partial charge in [0.15, 0.2) is 6.17 Å². The van der Waals surface area contributed by atoms with Gasteiger partial charge in [0.05, 0.1) is 14.9 Å². The number of amides is 2. The first kappa shape index (κ1) is 25.7. The van der Waals surface area contributed by atoms with Crippen LogP contribution in [-0.2, 0) is 14.8 Å².